The van der Waals surface area contributed by atoms with E-state index >= 15 is 0 Å². The molecule has 2 aliphatic heterocycles. The van der Waals surface area contributed by atoms with Crippen LogP contribution >= 0.6 is 34.9 Å². The van der Waals surface area contributed by atoms with Gasteiger partial charge in [0.25, 0.3) is 11.8 Å². The van der Waals surface area contributed by atoms with Crippen molar-refractivity contribution < 1.29 is 24.3 Å². The maximum atomic E-state index is 12.9. The molecular formula is C16H18N10O5S3. The number of anilines is 1. The van der Waals surface area contributed by atoms with Crippen LogP contribution in [-0.4, -0.2) is 88.3 Å². The number of carbonyl (C=O) groups excluding carboxylic acids is 2. The number of fused-ring (bicyclic) bond motifs is 1. The van der Waals surface area contributed by atoms with Crippen molar-refractivity contribution in [1.29, 1.82) is 0 Å². The van der Waals surface area contributed by atoms with Crippen molar-refractivity contribution in [3.8, 4) is 0 Å². The number of nitrogens with one attached hydrogen (secondary N) is 1. The molecule has 1 saturated heterocycles. The number of amides is 2. The molecule has 0 aliphatic carbocycles. The molecule has 18 heteroatoms. The predicted octanol–water partition coefficient (Wildman–Crippen LogP) is -1.30. The Labute approximate surface area is 203 Å². The van der Waals surface area contributed by atoms with E-state index in [4.69, 9.17) is 16.4 Å². The molecule has 2 aromatic rings. The number of carboxylic acids is 1. The van der Waals surface area contributed by atoms with Gasteiger partial charge < -0.3 is 26.8 Å². The van der Waals surface area contributed by atoms with E-state index in [-0.39, 0.29) is 34.6 Å². The number of nitrogen functional groups attached to an aromatic ring is 2. The molecule has 2 atom stereocenters. The van der Waals surface area contributed by atoms with Crippen LogP contribution in [-0.2, 0) is 19.2 Å². The fourth-order valence-corrected chi connectivity index (χ4v) is 5.99. The SMILES string of the molecule is CCO/N=C(\C(=O)N[C@@H]1C(=O)N2C(C(=O)O)=C(CSc3nnnn3N)CS[C@H]12)c1csc(N)n1. The van der Waals surface area contributed by atoms with Gasteiger partial charge in [0, 0.05) is 16.9 Å². The third-order valence-electron chi connectivity index (χ3n) is 4.64. The van der Waals surface area contributed by atoms with Crippen molar-refractivity contribution in [2.24, 2.45) is 5.16 Å². The van der Waals surface area contributed by atoms with Gasteiger partial charge in [-0.2, -0.15) is 0 Å². The monoisotopic (exact) mass is 526 g/mol. The first kappa shape index (κ1) is 23.8. The number of rotatable bonds is 9. The summed E-state index contributed by atoms with van der Waals surface area (Å²) in [5.74, 6) is 3.64. The van der Waals surface area contributed by atoms with E-state index in [1.807, 2.05) is 0 Å². The summed E-state index contributed by atoms with van der Waals surface area (Å²) in [7, 11) is 0. The van der Waals surface area contributed by atoms with Gasteiger partial charge in [-0.1, -0.05) is 22.0 Å². The van der Waals surface area contributed by atoms with Crippen LogP contribution in [0.3, 0.4) is 0 Å². The van der Waals surface area contributed by atoms with Crippen LogP contribution in [0.5, 0.6) is 0 Å². The summed E-state index contributed by atoms with van der Waals surface area (Å²) in [6, 6.07) is -0.944. The lowest BCUT2D eigenvalue weighted by atomic mass is 10.0. The number of β-lactam (4-membered cyclic amide) rings is 1. The molecule has 15 nitrogen and oxygen atoms in total. The predicted molar refractivity (Wildman–Crippen MR) is 123 cm³/mol. The quantitative estimate of drug-likeness (QED) is 0.0983. The number of thiazole rings is 1. The number of carbonyl (C=O) groups is 3. The number of carboxylic acid groups (broad SMARTS) is 1. The number of aromatic nitrogens is 5. The smallest absolute Gasteiger partial charge is 0.352 e. The Morgan fingerprint density at radius 1 is 1.47 bits per heavy atom. The molecule has 2 amide bonds. The van der Waals surface area contributed by atoms with E-state index < -0.39 is 29.2 Å². The van der Waals surface area contributed by atoms with Gasteiger partial charge in [0.1, 0.15) is 29.4 Å². The summed E-state index contributed by atoms with van der Waals surface area (Å²) in [6.45, 7) is 1.92. The number of hydrogen-bond donors (Lipinski definition) is 4. The molecule has 2 aromatic heterocycles. The van der Waals surface area contributed by atoms with Gasteiger partial charge in [-0.3, -0.25) is 14.5 Å². The molecule has 180 valence electrons. The summed E-state index contributed by atoms with van der Waals surface area (Å²) in [5.41, 5.74) is 6.11. The Morgan fingerprint density at radius 3 is 2.88 bits per heavy atom. The van der Waals surface area contributed by atoms with Gasteiger partial charge >= 0.3 is 5.97 Å². The van der Waals surface area contributed by atoms with Crippen molar-refractivity contribution in [3.05, 3.63) is 22.3 Å². The number of oxime groups is 1. The summed E-state index contributed by atoms with van der Waals surface area (Å²) in [5, 5.41) is 28.4. The number of hydrogen-bond acceptors (Lipinski definition) is 14. The van der Waals surface area contributed by atoms with Crippen molar-refractivity contribution in [3.63, 3.8) is 0 Å². The maximum Gasteiger partial charge on any atom is 0.352 e. The molecular weight excluding hydrogens is 508 g/mol. The van der Waals surface area contributed by atoms with E-state index in [1.165, 1.54) is 16.7 Å². The van der Waals surface area contributed by atoms with Crippen molar-refractivity contribution >= 4 is 63.5 Å². The topological polar surface area (TPSA) is 217 Å². The van der Waals surface area contributed by atoms with E-state index in [2.05, 4.69) is 31.0 Å². The van der Waals surface area contributed by atoms with Gasteiger partial charge in [0.15, 0.2) is 10.8 Å². The lowest BCUT2D eigenvalue weighted by Crippen LogP contribution is -2.71. The Morgan fingerprint density at radius 2 is 2.26 bits per heavy atom. The van der Waals surface area contributed by atoms with Gasteiger partial charge in [0.05, 0.1) is 0 Å². The summed E-state index contributed by atoms with van der Waals surface area (Å²) in [4.78, 5) is 49.0. The van der Waals surface area contributed by atoms with Crippen LogP contribution in [0.2, 0.25) is 0 Å². The van der Waals surface area contributed by atoms with Crippen LogP contribution in [0, 0.1) is 0 Å². The summed E-state index contributed by atoms with van der Waals surface area (Å²) < 4.78 is 0. The molecule has 0 radical (unpaired) electrons. The maximum absolute atomic E-state index is 12.9. The number of thioether (sulfide) groups is 2. The molecule has 0 unspecified atom stereocenters. The normalized spacial score (nSPS) is 20.1. The first-order valence-corrected chi connectivity index (χ1v) is 12.5. The average molecular weight is 527 g/mol. The third-order valence-corrected chi connectivity index (χ3v) is 7.67. The Bertz CT molecular complexity index is 1190. The third kappa shape index (κ3) is 4.50. The molecule has 1 fully saturated rings. The Kier molecular flexibility index (Phi) is 6.89. The molecule has 0 aromatic carbocycles. The zero-order valence-corrected chi connectivity index (χ0v) is 19.9. The van der Waals surface area contributed by atoms with Crippen LogP contribution < -0.4 is 16.9 Å². The van der Waals surface area contributed by atoms with E-state index in [0.29, 0.717) is 16.5 Å². The molecule has 34 heavy (non-hydrogen) atoms. The minimum atomic E-state index is -1.25. The fourth-order valence-electron chi connectivity index (χ4n) is 3.17. The lowest BCUT2D eigenvalue weighted by Gasteiger charge is -2.49. The highest BCUT2D eigenvalue weighted by atomic mass is 32.2. The second-order valence-electron chi connectivity index (χ2n) is 6.74. The summed E-state index contributed by atoms with van der Waals surface area (Å²) >= 11 is 3.60. The molecule has 6 N–H and O–H groups in total. The van der Waals surface area contributed by atoms with Crippen LogP contribution in [0.15, 0.2) is 27.0 Å². The molecule has 0 bridgehead atoms. The van der Waals surface area contributed by atoms with E-state index in [0.717, 1.165) is 27.9 Å². The highest BCUT2D eigenvalue weighted by molar-refractivity contribution is 8.01. The highest BCUT2D eigenvalue weighted by Crippen LogP contribution is 2.41. The fraction of sp³-hybridized carbons (Fsp3) is 0.375. The molecule has 0 saturated carbocycles. The second kappa shape index (κ2) is 9.85. The van der Waals surface area contributed by atoms with Crippen LogP contribution in [0.4, 0.5) is 5.13 Å². The number of nitrogens with zero attached hydrogens (tertiary/aromatic N) is 7. The molecule has 4 rings (SSSR count). The first-order chi connectivity index (χ1) is 16.3. The summed E-state index contributed by atoms with van der Waals surface area (Å²) in [6.07, 6.45) is 0. The van der Waals surface area contributed by atoms with E-state index in [9.17, 15) is 19.5 Å². The molecule has 0 spiro atoms. The van der Waals surface area contributed by atoms with Crippen molar-refractivity contribution in [2.45, 2.75) is 23.5 Å². The first-order valence-electron chi connectivity index (χ1n) is 9.60. The Hall–Kier alpha value is -3.38. The van der Waals surface area contributed by atoms with Gasteiger partial charge in [-0.05, 0) is 22.9 Å². The number of aliphatic carboxylic acids is 1. The minimum Gasteiger partial charge on any atom is -0.477 e. The zero-order chi connectivity index (χ0) is 24.4. The van der Waals surface area contributed by atoms with Crippen molar-refractivity contribution in [1.82, 2.24) is 35.5 Å². The van der Waals surface area contributed by atoms with Crippen LogP contribution in [0.25, 0.3) is 0 Å². The average Bonchev–Trinajstić information content (AvgIpc) is 3.43. The van der Waals surface area contributed by atoms with Gasteiger partial charge in [-0.15, -0.1) is 27.9 Å². The van der Waals surface area contributed by atoms with Gasteiger partial charge in [0.2, 0.25) is 5.16 Å². The number of tetrazole rings is 1. The zero-order valence-electron chi connectivity index (χ0n) is 17.4. The minimum absolute atomic E-state index is 0.127. The van der Waals surface area contributed by atoms with Gasteiger partial charge in [-0.25, -0.2) is 9.78 Å². The Balaban J connectivity index is 1.49. The van der Waals surface area contributed by atoms with E-state index in [1.54, 1.807) is 12.3 Å². The van der Waals surface area contributed by atoms with Crippen molar-refractivity contribution in [2.75, 3.05) is 29.7 Å². The van der Waals surface area contributed by atoms with Crippen LogP contribution in [0.1, 0.15) is 12.6 Å². The standard InChI is InChI=1S/C16H18N10O5S3/c1-2-31-22-8(7-5-33-15(17)19-7)11(27)20-9-12(28)25-10(14(29)30)6(3-32-13(9)25)4-34-16-21-23-24-26(16)18/h5,9,13H,2-4,18H2,1H3,(H2,17,19)(H,20,27)(H,29,30)/b22-8-/t9-,13-/m1/s1. The molecule has 2 aliphatic rings. The largest absolute Gasteiger partial charge is 0.477 e. The lowest BCUT2D eigenvalue weighted by molar-refractivity contribution is -0.150. The molecule has 4 heterocycles. The number of nitrogens with two attached hydrogens (primary N) is 2. The second-order valence-corrected chi connectivity index (χ2v) is 9.68. The highest BCUT2D eigenvalue weighted by Gasteiger charge is 2.54.